The van der Waals surface area contributed by atoms with E-state index in [9.17, 15) is 14.4 Å². The lowest BCUT2D eigenvalue weighted by Gasteiger charge is -2.15. The van der Waals surface area contributed by atoms with Gasteiger partial charge in [-0.25, -0.2) is 0 Å². The van der Waals surface area contributed by atoms with Gasteiger partial charge in [-0.2, -0.15) is 0 Å². The molecule has 0 atom stereocenters. The summed E-state index contributed by atoms with van der Waals surface area (Å²) in [6.45, 7) is 4.42. The zero-order chi connectivity index (χ0) is 26.3. The number of carbonyl (C=O) groups excluding carboxylic acids is 3. The summed E-state index contributed by atoms with van der Waals surface area (Å²) in [5.41, 5.74) is 1.89. The Hall–Kier alpha value is -3.95. The molecule has 10 heteroatoms. The van der Waals surface area contributed by atoms with Gasteiger partial charge in [-0.05, 0) is 49.4 Å². The number of rotatable bonds is 12. The van der Waals surface area contributed by atoms with Gasteiger partial charge in [-0.3, -0.25) is 19.0 Å². The summed E-state index contributed by atoms with van der Waals surface area (Å²) >= 11 is 0. The van der Waals surface area contributed by atoms with Gasteiger partial charge in [0.1, 0.15) is 5.82 Å². The van der Waals surface area contributed by atoms with Crippen LogP contribution in [0, 0.1) is 0 Å². The molecule has 0 saturated carbocycles. The summed E-state index contributed by atoms with van der Waals surface area (Å²) in [4.78, 5) is 39.9. The third-order valence-corrected chi connectivity index (χ3v) is 7.22. The van der Waals surface area contributed by atoms with Crippen LogP contribution in [0.4, 0.5) is 5.82 Å². The molecule has 1 aromatic carbocycles. The largest absolute Gasteiger partial charge is 0.369 e. The van der Waals surface area contributed by atoms with E-state index in [4.69, 9.17) is 0 Å². The fraction of sp³-hybridized carbons (Fsp3) is 0.464. The van der Waals surface area contributed by atoms with Gasteiger partial charge >= 0.3 is 0 Å². The van der Waals surface area contributed by atoms with Crippen LogP contribution in [0.25, 0.3) is 16.7 Å². The van der Waals surface area contributed by atoms with E-state index >= 15 is 0 Å². The highest BCUT2D eigenvalue weighted by Gasteiger charge is 2.20. The van der Waals surface area contributed by atoms with E-state index in [0.29, 0.717) is 37.6 Å². The smallest absolute Gasteiger partial charge is 0.224 e. The molecule has 5 rings (SSSR count). The Balaban J connectivity index is 1.15. The number of nitrogens with zero attached hydrogens (tertiary/aromatic N) is 5. The number of aromatic nitrogens is 3. The third kappa shape index (κ3) is 6.12. The lowest BCUT2D eigenvalue weighted by molar-refractivity contribution is -0.128. The molecule has 10 nitrogen and oxygen atoms in total. The number of benzene rings is 1. The van der Waals surface area contributed by atoms with Crippen LogP contribution in [0.5, 0.6) is 0 Å². The lowest BCUT2D eigenvalue weighted by atomic mass is 10.1. The van der Waals surface area contributed by atoms with Crippen molar-refractivity contribution in [1.29, 1.82) is 0 Å². The van der Waals surface area contributed by atoms with Gasteiger partial charge in [-0.1, -0.05) is 18.2 Å². The van der Waals surface area contributed by atoms with E-state index in [2.05, 4.69) is 20.8 Å². The zero-order valence-corrected chi connectivity index (χ0v) is 21.7. The number of fused-ring (bicyclic) bond motifs is 1. The minimum atomic E-state index is -0.0399. The molecule has 0 bridgehead atoms. The van der Waals surface area contributed by atoms with Crippen molar-refractivity contribution in [3.8, 4) is 5.82 Å². The second-order valence-corrected chi connectivity index (χ2v) is 9.95. The number of likely N-dealkylation sites (tertiary alicyclic amines) is 2. The number of nitrogens with one attached hydrogen (secondary N) is 2. The first-order valence-corrected chi connectivity index (χ1v) is 13.6. The standard InChI is InChI=1S/C28H35N7O3/c36-26(30-14-6-18-34-16-4-10-28(34)38)19-21-20-35(23-8-2-1-7-22(21)23)25-12-11-24(31-32-25)29-13-5-17-33-15-3-9-27(33)37/h1-2,7-8,11-12,20H,3-6,9-10,13-19H2,(H,29,31)(H,30,36). The van der Waals surface area contributed by atoms with Gasteiger partial charge in [0.2, 0.25) is 17.7 Å². The van der Waals surface area contributed by atoms with Crippen molar-refractivity contribution in [1.82, 2.24) is 29.9 Å². The van der Waals surface area contributed by atoms with Crippen molar-refractivity contribution >= 4 is 34.4 Å². The van der Waals surface area contributed by atoms with Crippen LogP contribution in [0.15, 0.2) is 42.6 Å². The minimum absolute atomic E-state index is 0.0399. The number of para-hydroxylation sites is 1. The zero-order valence-electron chi connectivity index (χ0n) is 21.7. The van der Waals surface area contributed by atoms with Crippen molar-refractivity contribution < 1.29 is 14.4 Å². The molecule has 0 radical (unpaired) electrons. The summed E-state index contributed by atoms with van der Waals surface area (Å²) in [6, 6.07) is 11.8. The van der Waals surface area contributed by atoms with Gasteiger partial charge < -0.3 is 20.4 Å². The van der Waals surface area contributed by atoms with Gasteiger partial charge in [-0.15, -0.1) is 10.2 Å². The molecule has 0 unspecified atom stereocenters. The maximum absolute atomic E-state index is 12.7. The van der Waals surface area contributed by atoms with Crippen LogP contribution < -0.4 is 10.6 Å². The SMILES string of the molecule is O=C(Cc1cn(-c2ccc(NCCCN3CCCC3=O)nn2)c2ccccc12)NCCCN1CCCC1=O. The molecule has 3 aromatic rings. The summed E-state index contributed by atoms with van der Waals surface area (Å²) in [7, 11) is 0. The molecular weight excluding hydrogens is 482 g/mol. The Morgan fingerprint density at radius 2 is 1.58 bits per heavy atom. The third-order valence-electron chi connectivity index (χ3n) is 7.22. The first kappa shape index (κ1) is 25.7. The van der Waals surface area contributed by atoms with Crippen LogP contribution in [0.3, 0.4) is 0 Å². The Morgan fingerprint density at radius 3 is 2.24 bits per heavy atom. The van der Waals surface area contributed by atoms with Crippen LogP contribution in [0.2, 0.25) is 0 Å². The number of amides is 3. The monoisotopic (exact) mass is 517 g/mol. The van der Waals surface area contributed by atoms with Crippen molar-refractivity contribution in [2.75, 3.05) is 44.6 Å². The van der Waals surface area contributed by atoms with E-state index < -0.39 is 0 Å². The van der Waals surface area contributed by atoms with E-state index in [1.165, 1.54) is 0 Å². The molecule has 0 aliphatic carbocycles. The molecule has 2 saturated heterocycles. The second-order valence-electron chi connectivity index (χ2n) is 9.95. The molecule has 3 amide bonds. The highest BCUT2D eigenvalue weighted by atomic mass is 16.2. The van der Waals surface area contributed by atoms with Gasteiger partial charge in [0.05, 0.1) is 11.9 Å². The minimum Gasteiger partial charge on any atom is -0.369 e. The molecule has 38 heavy (non-hydrogen) atoms. The quantitative estimate of drug-likeness (QED) is 0.357. The van der Waals surface area contributed by atoms with Crippen molar-refractivity contribution in [3.05, 3.63) is 48.2 Å². The predicted molar refractivity (Wildman–Crippen MR) is 145 cm³/mol. The molecule has 2 aliphatic heterocycles. The van der Waals surface area contributed by atoms with Crippen LogP contribution in [0.1, 0.15) is 44.1 Å². The Labute approximate surface area is 222 Å². The maximum Gasteiger partial charge on any atom is 0.224 e. The van der Waals surface area contributed by atoms with Crippen molar-refractivity contribution in [2.45, 2.75) is 44.9 Å². The highest BCUT2D eigenvalue weighted by molar-refractivity contribution is 5.90. The molecule has 4 heterocycles. The van der Waals surface area contributed by atoms with Crippen molar-refractivity contribution in [3.63, 3.8) is 0 Å². The van der Waals surface area contributed by atoms with Crippen molar-refractivity contribution in [2.24, 2.45) is 0 Å². The summed E-state index contributed by atoms with van der Waals surface area (Å²) in [5.74, 6) is 1.79. The molecular formula is C28H35N7O3. The fourth-order valence-electron chi connectivity index (χ4n) is 5.23. The number of hydrogen-bond donors (Lipinski definition) is 2. The van der Waals surface area contributed by atoms with Gasteiger partial charge in [0.15, 0.2) is 5.82 Å². The molecule has 200 valence electrons. The number of carbonyl (C=O) groups is 3. The number of anilines is 1. The molecule has 2 aromatic heterocycles. The van der Waals surface area contributed by atoms with E-state index in [1.54, 1.807) is 0 Å². The normalized spacial score (nSPS) is 15.6. The van der Waals surface area contributed by atoms with Crippen LogP contribution >= 0.6 is 0 Å². The molecule has 2 N–H and O–H groups in total. The highest BCUT2D eigenvalue weighted by Crippen LogP contribution is 2.25. The average Bonchev–Trinajstić information content (AvgIpc) is 3.64. The fourth-order valence-corrected chi connectivity index (χ4v) is 5.23. The molecule has 2 fully saturated rings. The second kappa shape index (κ2) is 12.1. The molecule has 2 aliphatic rings. The Kier molecular flexibility index (Phi) is 8.15. The van der Waals surface area contributed by atoms with E-state index in [0.717, 1.165) is 68.3 Å². The first-order valence-electron chi connectivity index (χ1n) is 13.6. The summed E-state index contributed by atoms with van der Waals surface area (Å²) in [6.07, 6.45) is 7.04. The van der Waals surface area contributed by atoms with Gasteiger partial charge in [0, 0.05) is 63.7 Å². The summed E-state index contributed by atoms with van der Waals surface area (Å²) in [5, 5.41) is 16.0. The Bertz CT molecular complexity index is 1290. The van der Waals surface area contributed by atoms with Crippen LogP contribution in [-0.4, -0.2) is 81.6 Å². The lowest BCUT2D eigenvalue weighted by Crippen LogP contribution is -2.31. The first-order chi connectivity index (χ1) is 18.6. The van der Waals surface area contributed by atoms with E-state index in [-0.39, 0.29) is 24.1 Å². The van der Waals surface area contributed by atoms with Gasteiger partial charge in [0.25, 0.3) is 0 Å². The predicted octanol–water partition coefficient (Wildman–Crippen LogP) is 2.52. The van der Waals surface area contributed by atoms with E-state index in [1.807, 2.05) is 57.0 Å². The maximum atomic E-state index is 12.7. The topological polar surface area (TPSA) is 112 Å². The average molecular weight is 518 g/mol. The number of hydrogen-bond acceptors (Lipinski definition) is 6. The van der Waals surface area contributed by atoms with Crippen LogP contribution in [-0.2, 0) is 20.8 Å². The Morgan fingerprint density at radius 1 is 0.868 bits per heavy atom. The summed E-state index contributed by atoms with van der Waals surface area (Å²) < 4.78 is 1.96. The molecule has 0 spiro atoms.